The Morgan fingerprint density at radius 2 is 1.78 bits per heavy atom. The van der Waals surface area contributed by atoms with Crippen LogP contribution in [-0.4, -0.2) is 5.11 Å². The van der Waals surface area contributed by atoms with E-state index in [2.05, 4.69) is 15.9 Å². The third-order valence-electron chi connectivity index (χ3n) is 2.76. The lowest BCUT2D eigenvalue weighted by molar-refractivity contribution is 0.220. The van der Waals surface area contributed by atoms with Gasteiger partial charge in [-0.1, -0.05) is 29.8 Å². The Labute approximate surface area is 118 Å². The quantitative estimate of drug-likeness (QED) is 0.851. The van der Waals surface area contributed by atoms with Crippen molar-refractivity contribution in [2.45, 2.75) is 13.0 Å². The molecule has 0 spiro atoms. The Bertz CT molecular complexity index is 535. The molecule has 2 aromatic rings. The normalized spacial score (nSPS) is 12.5. The first kappa shape index (κ1) is 13.5. The molecule has 0 saturated carbocycles. The first-order valence-electron chi connectivity index (χ1n) is 5.38. The fourth-order valence-electron chi connectivity index (χ4n) is 1.71. The molecule has 0 bridgehead atoms. The minimum atomic E-state index is -0.794. The second-order valence-electron chi connectivity index (χ2n) is 4.08. The topological polar surface area (TPSA) is 20.2 Å². The van der Waals surface area contributed by atoms with Crippen LogP contribution in [0, 0.1) is 12.7 Å². The van der Waals surface area contributed by atoms with E-state index in [-0.39, 0.29) is 5.82 Å². The third-order valence-corrected chi connectivity index (χ3v) is 3.79. The van der Waals surface area contributed by atoms with Gasteiger partial charge in [0.25, 0.3) is 0 Å². The third kappa shape index (κ3) is 2.74. The number of aliphatic hydroxyl groups is 1. The van der Waals surface area contributed by atoms with Crippen LogP contribution in [0.4, 0.5) is 4.39 Å². The van der Waals surface area contributed by atoms with Crippen molar-refractivity contribution in [3.63, 3.8) is 0 Å². The lowest BCUT2D eigenvalue weighted by atomic mass is 10.00. The van der Waals surface area contributed by atoms with Crippen molar-refractivity contribution in [3.8, 4) is 0 Å². The van der Waals surface area contributed by atoms with Crippen LogP contribution in [0.25, 0.3) is 0 Å². The summed E-state index contributed by atoms with van der Waals surface area (Å²) in [7, 11) is 0. The highest BCUT2D eigenvalue weighted by Gasteiger charge is 2.13. The molecule has 1 unspecified atom stereocenters. The first-order valence-corrected chi connectivity index (χ1v) is 6.55. The van der Waals surface area contributed by atoms with Gasteiger partial charge in [-0.05, 0) is 57.7 Å². The van der Waals surface area contributed by atoms with E-state index in [1.165, 1.54) is 6.07 Å². The van der Waals surface area contributed by atoms with E-state index in [0.29, 0.717) is 15.1 Å². The second-order valence-corrected chi connectivity index (χ2v) is 5.35. The monoisotopic (exact) mass is 328 g/mol. The molecule has 1 N–H and O–H groups in total. The molecule has 1 nitrogen and oxygen atoms in total. The second kappa shape index (κ2) is 5.39. The molecule has 18 heavy (non-hydrogen) atoms. The summed E-state index contributed by atoms with van der Waals surface area (Å²) in [6.45, 7) is 1.87. The van der Waals surface area contributed by atoms with Crippen LogP contribution >= 0.6 is 27.5 Å². The summed E-state index contributed by atoms with van der Waals surface area (Å²) in [5.74, 6) is -0.349. The van der Waals surface area contributed by atoms with E-state index < -0.39 is 6.10 Å². The van der Waals surface area contributed by atoms with E-state index in [0.717, 1.165) is 11.1 Å². The predicted molar refractivity (Wildman–Crippen MR) is 74.4 cm³/mol. The van der Waals surface area contributed by atoms with Crippen LogP contribution in [0.1, 0.15) is 22.8 Å². The average molecular weight is 330 g/mol. The number of halogens is 3. The van der Waals surface area contributed by atoms with Gasteiger partial charge in [0.2, 0.25) is 0 Å². The molecule has 0 saturated heterocycles. The van der Waals surface area contributed by atoms with E-state index in [4.69, 9.17) is 11.6 Å². The Morgan fingerprint density at radius 1 is 1.17 bits per heavy atom. The summed E-state index contributed by atoms with van der Waals surface area (Å²) < 4.78 is 13.5. The molecule has 94 valence electrons. The minimum absolute atomic E-state index is 0.338. The highest BCUT2D eigenvalue weighted by atomic mass is 79.9. The number of benzene rings is 2. The molecule has 0 heterocycles. The zero-order chi connectivity index (χ0) is 13.3. The highest BCUT2D eigenvalue weighted by molar-refractivity contribution is 9.10. The van der Waals surface area contributed by atoms with Gasteiger partial charge < -0.3 is 5.11 Å². The van der Waals surface area contributed by atoms with Crippen LogP contribution < -0.4 is 0 Å². The number of hydrogen-bond donors (Lipinski definition) is 1. The number of aryl methyl sites for hydroxylation is 1. The molecule has 0 aliphatic heterocycles. The molecular formula is C14H11BrClFO. The maximum absolute atomic E-state index is 13.1. The zero-order valence-corrected chi connectivity index (χ0v) is 12.0. The van der Waals surface area contributed by atoms with E-state index in [1.54, 1.807) is 24.3 Å². The SMILES string of the molecule is Cc1cc(C(O)c2ccc(F)c(Br)c2)ccc1Cl. The van der Waals surface area contributed by atoms with E-state index in [1.807, 2.05) is 13.0 Å². The fourth-order valence-corrected chi connectivity index (χ4v) is 2.23. The van der Waals surface area contributed by atoms with Gasteiger partial charge in [0, 0.05) is 5.02 Å². The maximum Gasteiger partial charge on any atom is 0.137 e. The number of rotatable bonds is 2. The molecule has 1 atom stereocenters. The molecular weight excluding hydrogens is 319 g/mol. The summed E-state index contributed by atoms with van der Waals surface area (Å²) in [6, 6.07) is 9.79. The van der Waals surface area contributed by atoms with Gasteiger partial charge in [-0.2, -0.15) is 0 Å². The molecule has 0 amide bonds. The standard InChI is InChI=1S/C14H11BrClFO/c1-8-6-9(2-4-12(8)16)14(18)10-3-5-13(17)11(15)7-10/h2-7,14,18H,1H3. The molecule has 0 aromatic heterocycles. The van der Waals surface area contributed by atoms with Gasteiger partial charge >= 0.3 is 0 Å². The van der Waals surface area contributed by atoms with Crippen molar-refractivity contribution in [1.29, 1.82) is 0 Å². The summed E-state index contributed by atoms with van der Waals surface area (Å²) in [6.07, 6.45) is -0.794. The summed E-state index contributed by atoms with van der Waals surface area (Å²) in [5, 5.41) is 10.9. The Balaban J connectivity index is 2.37. The first-order chi connectivity index (χ1) is 8.49. The van der Waals surface area contributed by atoms with Gasteiger partial charge in [0.05, 0.1) is 4.47 Å². The summed E-state index contributed by atoms with van der Waals surface area (Å²) in [5.41, 5.74) is 2.26. The van der Waals surface area contributed by atoms with Crippen LogP contribution in [0.3, 0.4) is 0 Å². The molecule has 4 heteroatoms. The Hall–Kier alpha value is -0.900. The van der Waals surface area contributed by atoms with Crippen molar-refractivity contribution in [2.75, 3.05) is 0 Å². The van der Waals surface area contributed by atoms with E-state index in [9.17, 15) is 9.50 Å². The van der Waals surface area contributed by atoms with Crippen molar-refractivity contribution in [1.82, 2.24) is 0 Å². The molecule has 0 aliphatic rings. The Kier molecular flexibility index (Phi) is 4.05. The average Bonchev–Trinajstić information content (AvgIpc) is 2.35. The van der Waals surface area contributed by atoms with Gasteiger partial charge in [0.1, 0.15) is 11.9 Å². The molecule has 2 rings (SSSR count). The van der Waals surface area contributed by atoms with Crippen molar-refractivity contribution in [3.05, 3.63) is 68.4 Å². The van der Waals surface area contributed by atoms with Crippen molar-refractivity contribution >= 4 is 27.5 Å². The number of aliphatic hydroxyl groups excluding tert-OH is 1. The summed E-state index contributed by atoms with van der Waals surface area (Å²) >= 11 is 9.04. The molecule has 0 aliphatic carbocycles. The van der Waals surface area contributed by atoms with Gasteiger partial charge in [-0.25, -0.2) is 4.39 Å². The summed E-state index contributed by atoms with van der Waals surface area (Å²) in [4.78, 5) is 0. The van der Waals surface area contributed by atoms with Crippen molar-refractivity contribution < 1.29 is 9.50 Å². The largest absolute Gasteiger partial charge is 0.384 e. The minimum Gasteiger partial charge on any atom is -0.384 e. The van der Waals surface area contributed by atoms with Crippen LogP contribution in [0.5, 0.6) is 0 Å². The van der Waals surface area contributed by atoms with Gasteiger partial charge in [-0.15, -0.1) is 0 Å². The van der Waals surface area contributed by atoms with Crippen LogP contribution in [0.2, 0.25) is 5.02 Å². The molecule has 0 fully saturated rings. The van der Waals surface area contributed by atoms with Gasteiger partial charge in [-0.3, -0.25) is 0 Å². The zero-order valence-electron chi connectivity index (χ0n) is 9.62. The molecule has 2 aromatic carbocycles. The lowest BCUT2D eigenvalue weighted by Crippen LogP contribution is -2.00. The molecule has 0 radical (unpaired) electrons. The lowest BCUT2D eigenvalue weighted by Gasteiger charge is -2.13. The van der Waals surface area contributed by atoms with Crippen LogP contribution in [-0.2, 0) is 0 Å². The smallest absolute Gasteiger partial charge is 0.137 e. The number of hydrogen-bond acceptors (Lipinski definition) is 1. The van der Waals surface area contributed by atoms with E-state index >= 15 is 0 Å². The van der Waals surface area contributed by atoms with Gasteiger partial charge in [0.15, 0.2) is 0 Å². The fraction of sp³-hybridized carbons (Fsp3) is 0.143. The maximum atomic E-state index is 13.1. The predicted octanol–water partition coefficient (Wildman–Crippen LogP) is 4.63. The van der Waals surface area contributed by atoms with Crippen LogP contribution in [0.15, 0.2) is 40.9 Å². The Morgan fingerprint density at radius 3 is 2.39 bits per heavy atom. The van der Waals surface area contributed by atoms with Crippen molar-refractivity contribution in [2.24, 2.45) is 0 Å². The highest BCUT2D eigenvalue weighted by Crippen LogP contribution is 2.28.